The van der Waals surface area contributed by atoms with Crippen LogP contribution >= 0.6 is 34.4 Å². The van der Waals surface area contributed by atoms with Gasteiger partial charge in [0.2, 0.25) is 0 Å². The van der Waals surface area contributed by atoms with E-state index in [2.05, 4.69) is 15.3 Å². The maximum atomic E-state index is 13.4. The van der Waals surface area contributed by atoms with Crippen molar-refractivity contribution in [2.75, 3.05) is 18.2 Å². The van der Waals surface area contributed by atoms with Gasteiger partial charge in [0.05, 0.1) is 43.1 Å². The molecule has 0 radical (unpaired) electrons. The van der Waals surface area contributed by atoms with Crippen LogP contribution in [0.25, 0.3) is 20.7 Å². The van der Waals surface area contributed by atoms with Gasteiger partial charge in [-0.3, -0.25) is 9.59 Å². The fourth-order valence-electron chi connectivity index (χ4n) is 3.76. The van der Waals surface area contributed by atoms with E-state index in [1.165, 1.54) is 34.8 Å². The van der Waals surface area contributed by atoms with Crippen molar-refractivity contribution in [1.82, 2.24) is 20.2 Å². The molecule has 0 bridgehead atoms. The van der Waals surface area contributed by atoms with Crippen molar-refractivity contribution in [1.29, 1.82) is 0 Å². The summed E-state index contributed by atoms with van der Waals surface area (Å²) in [5.41, 5.74) is 4.08. The van der Waals surface area contributed by atoms with Crippen LogP contribution < -0.4 is 5.32 Å². The van der Waals surface area contributed by atoms with Crippen LogP contribution in [0.2, 0.25) is 0 Å². The van der Waals surface area contributed by atoms with Gasteiger partial charge in [-0.25, -0.2) is 14.4 Å². The van der Waals surface area contributed by atoms with Crippen molar-refractivity contribution in [3.8, 4) is 10.4 Å². The highest BCUT2D eigenvalue weighted by molar-refractivity contribution is 7.99. The summed E-state index contributed by atoms with van der Waals surface area (Å²) in [5, 5.41) is 3.75. The van der Waals surface area contributed by atoms with Crippen LogP contribution in [0.3, 0.4) is 0 Å². The fraction of sp³-hybridized carbons (Fsp3) is 0.217. The Balaban J connectivity index is 1.33. The molecule has 6 nitrogen and oxygen atoms in total. The summed E-state index contributed by atoms with van der Waals surface area (Å²) >= 11 is 4.55. The third kappa shape index (κ3) is 4.38. The van der Waals surface area contributed by atoms with Gasteiger partial charge in [0.15, 0.2) is 0 Å². The molecule has 0 aliphatic carbocycles. The minimum Gasteiger partial charge on any atom is -0.350 e. The molecule has 5 rings (SSSR count). The molecule has 0 unspecified atom stereocenters. The number of thiazole rings is 2. The first kappa shape index (κ1) is 22.0. The van der Waals surface area contributed by atoms with E-state index in [4.69, 9.17) is 0 Å². The summed E-state index contributed by atoms with van der Waals surface area (Å²) in [5.74, 6) is 0.548. The predicted molar refractivity (Wildman–Crippen MR) is 131 cm³/mol. The van der Waals surface area contributed by atoms with Crippen LogP contribution in [-0.4, -0.2) is 50.9 Å². The highest BCUT2D eigenvalue weighted by Gasteiger charge is 2.33. The van der Waals surface area contributed by atoms with Gasteiger partial charge < -0.3 is 10.2 Å². The van der Waals surface area contributed by atoms with Crippen molar-refractivity contribution >= 4 is 56.5 Å². The zero-order chi connectivity index (χ0) is 22.9. The number of halogens is 1. The number of aryl methyl sites for hydroxylation is 1. The van der Waals surface area contributed by atoms with Crippen LogP contribution in [-0.2, 0) is 0 Å². The van der Waals surface area contributed by atoms with E-state index in [1.54, 1.807) is 40.4 Å². The smallest absolute Gasteiger partial charge is 0.275 e. The minimum absolute atomic E-state index is 0.149. The van der Waals surface area contributed by atoms with E-state index in [9.17, 15) is 14.0 Å². The molecule has 0 saturated carbocycles. The molecule has 1 fully saturated rings. The Kier molecular flexibility index (Phi) is 6.13. The Bertz CT molecular complexity index is 1340. The molecule has 168 valence electrons. The quantitative estimate of drug-likeness (QED) is 0.427. The monoisotopic (exact) mass is 498 g/mol. The Labute approximate surface area is 201 Å². The van der Waals surface area contributed by atoms with Gasteiger partial charge in [0.1, 0.15) is 11.5 Å². The second-order valence-electron chi connectivity index (χ2n) is 7.56. The van der Waals surface area contributed by atoms with Crippen LogP contribution in [0.5, 0.6) is 0 Å². The lowest BCUT2D eigenvalue weighted by atomic mass is 10.1. The van der Waals surface area contributed by atoms with Crippen LogP contribution in [0.15, 0.2) is 48.0 Å². The van der Waals surface area contributed by atoms with Gasteiger partial charge in [0.25, 0.3) is 11.8 Å². The number of nitrogens with zero attached hydrogens (tertiary/aromatic N) is 3. The molecule has 2 aromatic carbocycles. The summed E-state index contributed by atoms with van der Waals surface area (Å²) in [6.07, 6.45) is 0. The largest absolute Gasteiger partial charge is 0.350 e. The molecule has 2 aromatic heterocycles. The normalized spacial score (nSPS) is 15.8. The fourth-order valence-corrected chi connectivity index (χ4v) is 6.58. The van der Waals surface area contributed by atoms with E-state index in [-0.39, 0.29) is 23.7 Å². The maximum absolute atomic E-state index is 13.4. The summed E-state index contributed by atoms with van der Waals surface area (Å²) in [4.78, 5) is 37.6. The molecule has 2 amide bonds. The van der Waals surface area contributed by atoms with Crippen LogP contribution in [0, 0.1) is 12.7 Å². The zero-order valence-corrected chi connectivity index (χ0v) is 20.0. The second kappa shape index (κ2) is 9.20. The number of fused-ring (bicyclic) bond motifs is 1. The number of carbonyl (C=O) groups excluding carboxylic acids is 2. The Morgan fingerprint density at radius 2 is 2.03 bits per heavy atom. The average molecular weight is 499 g/mol. The van der Waals surface area contributed by atoms with Crippen molar-refractivity contribution in [2.45, 2.75) is 13.0 Å². The van der Waals surface area contributed by atoms with Crippen LogP contribution in [0.4, 0.5) is 4.39 Å². The number of nitrogens with one attached hydrogen (secondary N) is 1. The summed E-state index contributed by atoms with van der Waals surface area (Å²) in [6, 6.07) is 11.5. The van der Waals surface area contributed by atoms with E-state index in [0.29, 0.717) is 29.2 Å². The molecule has 33 heavy (non-hydrogen) atoms. The molecular formula is C23H19FN4O2S3. The van der Waals surface area contributed by atoms with Crippen molar-refractivity contribution in [3.63, 3.8) is 0 Å². The van der Waals surface area contributed by atoms with Gasteiger partial charge >= 0.3 is 0 Å². The number of hydrogen-bond donors (Lipinski definition) is 1. The molecule has 4 aromatic rings. The molecule has 1 N–H and O–H groups in total. The topological polar surface area (TPSA) is 75.2 Å². The number of para-hydroxylation sites is 1. The first-order valence-electron chi connectivity index (χ1n) is 10.2. The highest BCUT2D eigenvalue weighted by Crippen LogP contribution is 2.33. The Morgan fingerprint density at radius 1 is 1.21 bits per heavy atom. The highest BCUT2D eigenvalue weighted by atomic mass is 32.2. The van der Waals surface area contributed by atoms with Gasteiger partial charge in [-0.15, -0.1) is 34.4 Å². The lowest BCUT2D eigenvalue weighted by molar-refractivity contribution is 0.0732. The number of aromatic nitrogens is 2. The summed E-state index contributed by atoms with van der Waals surface area (Å²) in [7, 11) is 0. The summed E-state index contributed by atoms with van der Waals surface area (Å²) < 4.78 is 14.3. The predicted octanol–water partition coefficient (Wildman–Crippen LogP) is 4.81. The number of hydrogen-bond acceptors (Lipinski definition) is 7. The van der Waals surface area contributed by atoms with E-state index in [0.717, 1.165) is 25.9 Å². The number of thioether (sulfide) groups is 1. The third-order valence-electron chi connectivity index (χ3n) is 5.39. The second-order valence-corrected chi connectivity index (χ2v) is 10.7. The lowest BCUT2D eigenvalue weighted by Gasteiger charge is -2.24. The van der Waals surface area contributed by atoms with E-state index in [1.807, 2.05) is 19.1 Å². The number of carbonyl (C=O) groups is 2. The third-order valence-corrected chi connectivity index (χ3v) is 8.28. The molecule has 10 heteroatoms. The first-order chi connectivity index (χ1) is 16.0. The van der Waals surface area contributed by atoms with E-state index >= 15 is 0 Å². The number of rotatable bonds is 5. The van der Waals surface area contributed by atoms with E-state index < -0.39 is 0 Å². The Hall–Kier alpha value is -2.82. The lowest BCUT2D eigenvalue weighted by Crippen LogP contribution is -2.44. The molecule has 1 aliphatic heterocycles. The molecule has 1 saturated heterocycles. The minimum atomic E-state index is -0.326. The van der Waals surface area contributed by atoms with Gasteiger partial charge in [-0.2, -0.15) is 0 Å². The van der Waals surface area contributed by atoms with Crippen LogP contribution in [0.1, 0.15) is 25.9 Å². The molecule has 1 atom stereocenters. The first-order valence-corrected chi connectivity index (χ1v) is 13.1. The average Bonchev–Trinajstić information content (AvgIpc) is 3.56. The standard InChI is InChI=1S/C23H19FN4O2S3/c1-13-27-20(21(33-13)14-5-7-15(24)8-6-14)23(30)28-12-31-10-16(28)9-25-22(29)17-3-2-4-18-19(17)26-11-32-18/h2-8,11,16H,9-10,12H2,1H3,(H,25,29)/t16-/m1/s1. The van der Waals surface area contributed by atoms with Crippen molar-refractivity contribution in [3.05, 3.63) is 70.1 Å². The number of amides is 2. The molecular weight excluding hydrogens is 479 g/mol. The SMILES string of the molecule is Cc1nc(C(=O)N2CSC[C@H]2CNC(=O)c2cccc3scnc23)c(-c2ccc(F)cc2)s1. The molecule has 0 spiro atoms. The summed E-state index contributed by atoms with van der Waals surface area (Å²) in [6.45, 7) is 2.19. The van der Waals surface area contributed by atoms with Gasteiger partial charge in [0, 0.05) is 12.3 Å². The molecule has 1 aliphatic rings. The Morgan fingerprint density at radius 3 is 2.85 bits per heavy atom. The number of benzene rings is 2. The zero-order valence-electron chi connectivity index (χ0n) is 17.6. The maximum Gasteiger partial charge on any atom is 0.275 e. The van der Waals surface area contributed by atoms with Crippen molar-refractivity contribution < 1.29 is 14.0 Å². The molecule has 3 heterocycles. The van der Waals surface area contributed by atoms with Gasteiger partial charge in [-0.05, 0) is 36.8 Å². The van der Waals surface area contributed by atoms with Crippen molar-refractivity contribution in [2.24, 2.45) is 0 Å². The van der Waals surface area contributed by atoms with Gasteiger partial charge in [-0.1, -0.05) is 18.2 Å².